The molecule has 0 saturated carbocycles. The van der Waals surface area contributed by atoms with Crippen LogP contribution in [0.15, 0.2) is 45.3 Å². The molecule has 1 heterocycles. The van der Waals surface area contributed by atoms with Gasteiger partial charge in [-0.1, -0.05) is 15.9 Å². The van der Waals surface area contributed by atoms with Crippen LogP contribution in [0.25, 0.3) is 22.6 Å². The van der Waals surface area contributed by atoms with Gasteiger partial charge in [0.1, 0.15) is 11.3 Å². The molecule has 2 N–H and O–H groups in total. The van der Waals surface area contributed by atoms with Gasteiger partial charge < -0.3 is 10.2 Å². The molecule has 0 aliphatic rings. The van der Waals surface area contributed by atoms with Gasteiger partial charge in [0.2, 0.25) is 5.89 Å². The van der Waals surface area contributed by atoms with Crippen molar-refractivity contribution < 1.29 is 8.81 Å². The van der Waals surface area contributed by atoms with Gasteiger partial charge in [0.15, 0.2) is 5.58 Å². The monoisotopic (exact) mass is 306 g/mol. The van der Waals surface area contributed by atoms with Gasteiger partial charge in [-0.3, -0.25) is 0 Å². The topological polar surface area (TPSA) is 52.0 Å². The molecule has 0 spiro atoms. The highest BCUT2D eigenvalue weighted by Gasteiger charge is 2.13. The number of rotatable bonds is 1. The zero-order valence-corrected chi connectivity index (χ0v) is 10.7. The first kappa shape index (κ1) is 11.2. The third kappa shape index (κ3) is 1.86. The molecular formula is C13H8BrFN2O. The van der Waals surface area contributed by atoms with Crippen molar-refractivity contribution in [2.75, 3.05) is 5.73 Å². The molecule has 3 nitrogen and oxygen atoms in total. The van der Waals surface area contributed by atoms with E-state index in [1.807, 2.05) is 0 Å². The summed E-state index contributed by atoms with van der Waals surface area (Å²) in [6.07, 6.45) is 0. The van der Waals surface area contributed by atoms with Crippen LogP contribution in [0.4, 0.5) is 10.1 Å². The SMILES string of the molecule is Nc1ccc2oc(-c3cc(Br)ccc3F)nc2c1. The maximum atomic E-state index is 13.7. The van der Waals surface area contributed by atoms with Gasteiger partial charge in [0.05, 0.1) is 5.56 Å². The Labute approximate surface area is 111 Å². The van der Waals surface area contributed by atoms with E-state index in [1.165, 1.54) is 6.07 Å². The van der Waals surface area contributed by atoms with Crippen molar-refractivity contribution in [1.29, 1.82) is 0 Å². The van der Waals surface area contributed by atoms with E-state index in [-0.39, 0.29) is 11.7 Å². The quantitative estimate of drug-likeness (QED) is 0.692. The first-order valence-corrected chi connectivity index (χ1v) is 6.04. The van der Waals surface area contributed by atoms with Gasteiger partial charge in [-0.05, 0) is 36.4 Å². The lowest BCUT2D eigenvalue weighted by molar-refractivity contribution is 0.593. The van der Waals surface area contributed by atoms with Gasteiger partial charge in [0, 0.05) is 10.2 Å². The third-order valence-corrected chi connectivity index (χ3v) is 3.06. The van der Waals surface area contributed by atoms with Crippen LogP contribution in [0.1, 0.15) is 0 Å². The molecular weight excluding hydrogens is 299 g/mol. The molecule has 5 heteroatoms. The Kier molecular flexibility index (Phi) is 2.56. The van der Waals surface area contributed by atoms with Crippen molar-refractivity contribution in [2.24, 2.45) is 0 Å². The summed E-state index contributed by atoms with van der Waals surface area (Å²) in [5.41, 5.74) is 7.77. The summed E-state index contributed by atoms with van der Waals surface area (Å²) in [4.78, 5) is 4.24. The second-order valence-corrected chi connectivity index (χ2v) is 4.79. The van der Waals surface area contributed by atoms with Gasteiger partial charge in [0.25, 0.3) is 0 Å². The van der Waals surface area contributed by atoms with E-state index < -0.39 is 0 Å². The number of oxazole rings is 1. The number of aromatic nitrogens is 1. The zero-order valence-electron chi connectivity index (χ0n) is 9.15. The Morgan fingerprint density at radius 2 is 2.00 bits per heavy atom. The predicted molar refractivity (Wildman–Crippen MR) is 71.5 cm³/mol. The number of hydrogen-bond acceptors (Lipinski definition) is 3. The Bertz CT molecular complexity index is 739. The van der Waals surface area contributed by atoms with Crippen molar-refractivity contribution in [3.05, 3.63) is 46.7 Å². The standard InChI is InChI=1S/C13H8BrFN2O/c14-7-1-3-10(15)9(5-7)13-17-11-6-8(16)2-4-12(11)18-13/h1-6H,16H2. The second kappa shape index (κ2) is 4.10. The fourth-order valence-corrected chi connectivity index (χ4v) is 2.08. The van der Waals surface area contributed by atoms with E-state index in [0.29, 0.717) is 22.4 Å². The van der Waals surface area contributed by atoms with E-state index in [9.17, 15) is 4.39 Å². The number of hydrogen-bond donors (Lipinski definition) is 1. The minimum absolute atomic E-state index is 0.245. The molecule has 3 aromatic rings. The normalized spacial score (nSPS) is 11.0. The van der Waals surface area contributed by atoms with Crippen molar-refractivity contribution >= 4 is 32.7 Å². The molecule has 3 rings (SSSR count). The van der Waals surface area contributed by atoms with Crippen molar-refractivity contribution in [3.63, 3.8) is 0 Å². The Hall–Kier alpha value is -1.88. The van der Waals surface area contributed by atoms with Crippen LogP contribution in [0.2, 0.25) is 0 Å². The van der Waals surface area contributed by atoms with Crippen LogP contribution < -0.4 is 5.73 Å². The molecule has 0 saturated heterocycles. The van der Waals surface area contributed by atoms with Crippen LogP contribution in [0.3, 0.4) is 0 Å². The van der Waals surface area contributed by atoms with E-state index in [2.05, 4.69) is 20.9 Å². The first-order valence-electron chi connectivity index (χ1n) is 5.25. The Morgan fingerprint density at radius 3 is 2.83 bits per heavy atom. The number of halogens is 2. The molecule has 0 aliphatic heterocycles. The summed E-state index contributed by atoms with van der Waals surface area (Å²) >= 11 is 3.29. The minimum Gasteiger partial charge on any atom is -0.436 e. The molecule has 1 aromatic heterocycles. The maximum Gasteiger partial charge on any atom is 0.230 e. The van der Waals surface area contributed by atoms with Crippen LogP contribution in [-0.2, 0) is 0 Å². The third-order valence-electron chi connectivity index (χ3n) is 2.57. The van der Waals surface area contributed by atoms with E-state index in [1.54, 1.807) is 30.3 Å². The van der Waals surface area contributed by atoms with E-state index >= 15 is 0 Å². The molecule has 0 amide bonds. The lowest BCUT2D eigenvalue weighted by atomic mass is 10.2. The van der Waals surface area contributed by atoms with E-state index in [0.717, 1.165) is 4.47 Å². The summed E-state index contributed by atoms with van der Waals surface area (Å²) in [5.74, 6) is -0.132. The van der Waals surface area contributed by atoms with Crippen molar-refractivity contribution in [2.45, 2.75) is 0 Å². The average molecular weight is 307 g/mol. The lowest BCUT2D eigenvalue weighted by Gasteiger charge is -1.98. The second-order valence-electron chi connectivity index (χ2n) is 3.87. The van der Waals surface area contributed by atoms with Gasteiger partial charge >= 0.3 is 0 Å². The molecule has 0 atom stereocenters. The van der Waals surface area contributed by atoms with Crippen LogP contribution in [-0.4, -0.2) is 4.98 Å². The zero-order chi connectivity index (χ0) is 12.7. The van der Waals surface area contributed by atoms with E-state index in [4.69, 9.17) is 10.2 Å². The summed E-state index contributed by atoms with van der Waals surface area (Å²) in [6.45, 7) is 0. The molecule has 0 aliphatic carbocycles. The highest BCUT2D eigenvalue weighted by molar-refractivity contribution is 9.10. The van der Waals surface area contributed by atoms with Gasteiger partial charge in [-0.2, -0.15) is 0 Å². The van der Waals surface area contributed by atoms with Crippen LogP contribution >= 0.6 is 15.9 Å². The fraction of sp³-hybridized carbons (Fsp3) is 0. The summed E-state index contributed by atoms with van der Waals surface area (Å²) < 4.78 is 20.0. The minimum atomic E-state index is -0.377. The maximum absolute atomic E-state index is 13.7. The molecule has 0 radical (unpaired) electrons. The summed E-state index contributed by atoms with van der Waals surface area (Å²) in [6, 6.07) is 9.75. The lowest BCUT2D eigenvalue weighted by Crippen LogP contribution is -1.84. The molecule has 90 valence electrons. The summed E-state index contributed by atoms with van der Waals surface area (Å²) in [5, 5.41) is 0. The molecule has 0 fully saturated rings. The average Bonchev–Trinajstić information content (AvgIpc) is 2.74. The summed E-state index contributed by atoms with van der Waals surface area (Å²) in [7, 11) is 0. The van der Waals surface area contributed by atoms with Gasteiger partial charge in [-0.25, -0.2) is 9.37 Å². The number of fused-ring (bicyclic) bond motifs is 1. The Morgan fingerprint density at radius 1 is 1.17 bits per heavy atom. The number of anilines is 1. The highest BCUT2D eigenvalue weighted by Crippen LogP contribution is 2.29. The molecule has 18 heavy (non-hydrogen) atoms. The molecule has 2 aromatic carbocycles. The molecule has 0 bridgehead atoms. The number of nitrogen functional groups attached to an aromatic ring is 1. The number of benzene rings is 2. The van der Waals surface area contributed by atoms with Crippen molar-refractivity contribution in [1.82, 2.24) is 4.98 Å². The largest absolute Gasteiger partial charge is 0.436 e. The highest BCUT2D eigenvalue weighted by atomic mass is 79.9. The smallest absolute Gasteiger partial charge is 0.230 e. The fourth-order valence-electron chi connectivity index (χ4n) is 1.72. The Balaban J connectivity index is 2.22. The molecule has 0 unspecified atom stereocenters. The van der Waals surface area contributed by atoms with Crippen molar-refractivity contribution in [3.8, 4) is 11.5 Å². The number of nitrogens with two attached hydrogens (primary N) is 1. The number of nitrogens with zero attached hydrogens (tertiary/aromatic N) is 1. The first-order chi connectivity index (χ1) is 8.63. The predicted octanol–water partition coefficient (Wildman–Crippen LogP) is 3.98. The van der Waals surface area contributed by atoms with Crippen LogP contribution in [0.5, 0.6) is 0 Å². The van der Waals surface area contributed by atoms with Crippen LogP contribution in [0, 0.1) is 5.82 Å². The van der Waals surface area contributed by atoms with Gasteiger partial charge in [-0.15, -0.1) is 0 Å².